The number of benzene rings is 1. The number of nitrogens with zero attached hydrogens (tertiary/aromatic N) is 7. The van der Waals surface area contributed by atoms with Gasteiger partial charge >= 0.3 is 0 Å². The Morgan fingerprint density at radius 3 is 2.62 bits per heavy atom. The Labute approximate surface area is 196 Å². The molecule has 0 saturated carbocycles. The third-order valence-corrected chi connectivity index (χ3v) is 5.60. The van der Waals surface area contributed by atoms with Gasteiger partial charge in [-0.1, -0.05) is 23.4 Å². The highest BCUT2D eigenvalue weighted by Gasteiger charge is 2.14. The molecule has 0 aliphatic heterocycles. The molecule has 1 unspecified atom stereocenters. The van der Waals surface area contributed by atoms with Gasteiger partial charge in [-0.05, 0) is 37.3 Å². The molecule has 0 aliphatic rings. The van der Waals surface area contributed by atoms with Gasteiger partial charge < -0.3 is 5.73 Å². The maximum atomic E-state index is 11.5. The third kappa shape index (κ3) is 5.58. The highest BCUT2D eigenvalue weighted by molar-refractivity contribution is 7.88. The molecule has 4 rings (SSSR count). The van der Waals surface area contributed by atoms with Crippen LogP contribution in [0.25, 0.3) is 22.6 Å². The number of rotatable bonds is 7. The van der Waals surface area contributed by atoms with Crippen LogP contribution in [0.15, 0.2) is 54.7 Å². The molecule has 3 N–H and O–H groups in total. The number of pyridine rings is 1. The highest BCUT2D eigenvalue weighted by atomic mass is 32.2. The van der Waals surface area contributed by atoms with Crippen LogP contribution in [0, 0.1) is 11.3 Å². The molecule has 4 aromatic rings. The van der Waals surface area contributed by atoms with Gasteiger partial charge in [-0.25, -0.2) is 27.8 Å². The fourth-order valence-electron chi connectivity index (χ4n) is 3.36. The lowest BCUT2D eigenvalue weighted by molar-refractivity contribution is 0.568. The number of nitrogens with one attached hydrogen (secondary N) is 1. The molecular weight excluding hydrogens is 454 g/mol. The molecule has 3 aromatic heterocycles. The SMILES string of the molecule is CC(NS(C)(=O)=O)c1cccc(Cn2cc(-c3cc(-c4cccc(C#N)c4)nc(N)n3)nn2)n1. The molecule has 0 amide bonds. The van der Waals surface area contributed by atoms with Crippen molar-refractivity contribution in [1.82, 2.24) is 34.7 Å². The van der Waals surface area contributed by atoms with Crippen molar-refractivity contribution in [3.63, 3.8) is 0 Å². The Morgan fingerprint density at radius 1 is 1.09 bits per heavy atom. The molecule has 1 atom stereocenters. The first-order valence-corrected chi connectivity index (χ1v) is 12.1. The number of anilines is 1. The maximum Gasteiger partial charge on any atom is 0.221 e. The van der Waals surface area contributed by atoms with Crippen molar-refractivity contribution in [3.8, 4) is 28.7 Å². The first-order valence-electron chi connectivity index (χ1n) is 10.2. The summed E-state index contributed by atoms with van der Waals surface area (Å²) in [4.78, 5) is 13.1. The van der Waals surface area contributed by atoms with Crippen LogP contribution in [0.2, 0.25) is 0 Å². The zero-order valence-corrected chi connectivity index (χ0v) is 19.2. The van der Waals surface area contributed by atoms with Gasteiger partial charge in [0.15, 0.2) is 0 Å². The van der Waals surface area contributed by atoms with Crippen molar-refractivity contribution in [2.75, 3.05) is 12.0 Å². The third-order valence-electron chi connectivity index (χ3n) is 4.82. The van der Waals surface area contributed by atoms with Crippen molar-refractivity contribution in [2.45, 2.75) is 19.5 Å². The zero-order valence-electron chi connectivity index (χ0n) is 18.4. The zero-order chi connectivity index (χ0) is 24.3. The van der Waals surface area contributed by atoms with E-state index in [1.54, 1.807) is 48.1 Å². The quantitative estimate of drug-likeness (QED) is 0.406. The second-order valence-corrected chi connectivity index (χ2v) is 9.44. The van der Waals surface area contributed by atoms with Crippen molar-refractivity contribution in [2.24, 2.45) is 0 Å². The second-order valence-electron chi connectivity index (χ2n) is 7.66. The van der Waals surface area contributed by atoms with Crippen molar-refractivity contribution >= 4 is 16.0 Å². The minimum absolute atomic E-state index is 0.0751. The van der Waals surface area contributed by atoms with Gasteiger partial charge in [0, 0.05) is 5.56 Å². The van der Waals surface area contributed by atoms with Gasteiger partial charge in [0.1, 0.15) is 5.69 Å². The van der Waals surface area contributed by atoms with Crippen molar-refractivity contribution < 1.29 is 8.42 Å². The minimum Gasteiger partial charge on any atom is -0.368 e. The number of hydrogen-bond acceptors (Lipinski definition) is 9. The number of nitrogen functional groups attached to an aromatic ring is 1. The largest absolute Gasteiger partial charge is 0.368 e. The van der Waals surface area contributed by atoms with Crippen LogP contribution in [-0.4, -0.2) is 44.6 Å². The smallest absolute Gasteiger partial charge is 0.221 e. The Balaban J connectivity index is 1.57. The molecule has 172 valence electrons. The molecule has 0 radical (unpaired) electrons. The number of nitriles is 1. The standard InChI is InChI=1S/C22H21N9O2S/c1-14(29-34(2,32)33)18-8-4-7-17(25-18)12-31-13-21(28-30-31)20-10-19(26-22(24)27-20)16-6-3-5-15(9-16)11-23/h3-10,13-14,29H,12H2,1-2H3,(H2,24,26,27). The molecule has 12 heteroatoms. The number of nitrogens with two attached hydrogens (primary N) is 1. The summed E-state index contributed by atoms with van der Waals surface area (Å²) in [6, 6.07) is 15.8. The molecule has 1 aromatic carbocycles. The monoisotopic (exact) mass is 475 g/mol. The minimum atomic E-state index is -3.36. The van der Waals surface area contributed by atoms with E-state index in [4.69, 9.17) is 11.0 Å². The van der Waals surface area contributed by atoms with Crippen LogP contribution in [0.4, 0.5) is 5.95 Å². The lowest BCUT2D eigenvalue weighted by Crippen LogP contribution is -2.26. The van der Waals surface area contributed by atoms with Gasteiger partial charge in [-0.3, -0.25) is 4.98 Å². The highest BCUT2D eigenvalue weighted by Crippen LogP contribution is 2.24. The normalized spacial score (nSPS) is 12.3. The van der Waals surface area contributed by atoms with E-state index in [1.807, 2.05) is 18.2 Å². The Morgan fingerprint density at radius 2 is 1.85 bits per heavy atom. The summed E-state index contributed by atoms with van der Waals surface area (Å²) in [5.74, 6) is 0.0751. The summed E-state index contributed by atoms with van der Waals surface area (Å²) in [5.41, 5.74) is 10.0. The fourth-order valence-corrected chi connectivity index (χ4v) is 4.12. The molecule has 0 saturated heterocycles. The Hall–Kier alpha value is -4.21. The topological polar surface area (TPSA) is 165 Å². The summed E-state index contributed by atoms with van der Waals surface area (Å²) < 4.78 is 27.1. The van der Waals surface area contributed by atoms with E-state index >= 15 is 0 Å². The van der Waals surface area contributed by atoms with Gasteiger partial charge in [0.2, 0.25) is 16.0 Å². The van der Waals surface area contributed by atoms with Gasteiger partial charge in [0.25, 0.3) is 0 Å². The maximum absolute atomic E-state index is 11.5. The molecule has 0 bridgehead atoms. The molecular formula is C22H21N9O2S. The predicted octanol–water partition coefficient (Wildman–Crippen LogP) is 1.91. The van der Waals surface area contributed by atoms with Gasteiger partial charge in [-0.2, -0.15) is 5.26 Å². The molecule has 0 fully saturated rings. The molecule has 0 aliphatic carbocycles. The average molecular weight is 476 g/mol. The Kier molecular flexibility index (Phi) is 6.31. The van der Waals surface area contributed by atoms with Crippen LogP contribution in [0.1, 0.15) is 29.9 Å². The first kappa shape index (κ1) is 23.0. The van der Waals surface area contributed by atoms with Crippen molar-refractivity contribution in [3.05, 3.63) is 71.7 Å². The predicted molar refractivity (Wildman–Crippen MR) is 125 cm³/mol. The van der Waals surface area contributed by atoms with E-state index in [1.165, 1.54) is 0 Å². The van der Waals surface area contributed by atoms with E-state index in [0.29, 0.717) is 40.6 Å². The number of aromatic nitrogens is 6. The van der Waals surface area contributed by atoms with Gasteiger partial charge in [0.05, 0.1) is 59.4 Å². The van der Waals surface area contributed by atoms with Crippen LogP contribution >= 0.6 is 0 Å². The fraction of sp³-hybridized carbons (Fsp3) is 0.182. The summed E-state index contributed by atoms with van der Waals surface area (Å²) >= 11 is 0. The number of hydrogen-bond donors (Lipinski definition) is 2. The second kappa shape index (κ2) is 9.34. The van der Waals surface area contributed by atoms with Crippen LogP contribution in [0.3, 0.4) is 0 Å². The summed E-state index contributed by atoms with van der Waals surface area (Å²) in [7, 11) is -3.36. The molecule has 3 heterocycles. The van der Waals surface area contributed by atoms with Crippen LogP contribution < -0.4 is 10.5 Å². The van der Waals surface area contributed by atoms with Crippen molar-refractivity contribution in [1.29, 1.82) is 5.26 Å². The van der Waals surface area contributed by atoms with E-state index in [2.05, 4.69) is 36.1 Å². The van der Waals surface area contributed by atoms with E-state index in [0.717, 1.165) is 11.8 Å². The lowest BCUT2D eigenvalue weighted by atomic mass is 10.1. The van der Waals surface area contributed by atoms with Gasteiger partial charge in [-0.15, -0.1) is 5.10 Å². The van der Waals surface area contributed by atoms with E-state index < -0.39 is 16.1 Å². The van der Waals surface area contributed by atoms with E-state index in [-0.39, 0.29) is 5.95 Å². The summed E-state index contributed by atoms with van der Waals surface area (Å²) in [5, 5.41) is 17.5. The lowest BCUT2D eigenvalue weighted by Gasteiger charge is -2.12. The molecule has 11 nitrogen and oxygen atoms in total. The Bertz CT molecular complexity index is 1490. The molecule has 34 heavy (non-hydrogen) atoms. The van der Waals surface area contributed by atoms with Crippen LogP contribution in [0.5, 0.6) is 0 Å². The number of sulfonamides is 1. The summed E-state index contributed by atoms with van der Waals surface area (Å²) in [6.45, 7) is 2.05. The average Bonchev–Trinajstić information content (AvgIpc) is 3.26. The first-order chi connectivity index (χ1) is 16.2. The van der Waals surface area contributed by atoms with Crippen LogP contribution in [-0.2, 0) is 16.6 Å². The van der Waals surface area contributed by atoms with E-state index in [9.17, 15) is 8.42 Å². The molecule has 0 spiro atoms. The summed E-state index contributed by atoms with van der Waals surface area (Å²) in [6.07, 6.45) is 2.82.